The predicted molar refractivity (Wildman–Crippen MR) is 174 cm³/mol. The molecule has 248 valence electrons. The largest absolute Gasteiger partial charge is 0.481 e. The van der Waals surface area contributed by atoms with Crippen LogP contribution < -0.4 is 4.72 Å². The van der Waals surface area contributed by atoms with Crippen molar-refractivity contribution in [2.24, 2.45) is 50.2 Å². The number of allylic oxidation sites excluding steroid dienone is 2. The van der Waals surface area contributed by atoms with Crippen molar-refractivity contribution in [1.82, 2.24) is 4.72 Å². The van der Waals surface area contributed by atoms with Crippen molar-refractivity contribution in [3.05, 3.63) is 42.0 Å². The second-order valence-corrected chi connectivity index (χ2v) is 19.0. The molecule has 5 aliphatic rings. The summed E-state index contributed by atoms with van der Waals surface area (Å²) in [4.78, 5) is 25.9. The summed E-state index contributed by atoms with van der Waals surface area (Å²) in [5.74, 6) is 0.217. The number of aliphatic carboxylic acids is 1. The van der Waals surface area contributed by atoms with Crippen LogP contribution in [0.5, 0.6) is 0 Å². The number of fused-ring (bicyclic) bond motifs is 7. The van der Waals surface area contributed by atoms with E-state index in [1.165, 1.54) is 17.7 Å². The van der Waals surface area contributed by atoms with Gasteiger partial charge in [-0.15, -0.1) is 0 Å². The summed E-state index contributed by atoms with van der Waals surface area (Å²) < 4.78 is 33.7. The fourth-order valence-electron chi connectivity index (χ4n) is 11.7. The fourth-order valence-corrected chi connectivity index (χ4v) is 12.6. The maximum atomic E-state index is 13.0. The number of carboxylic acids is 1. The van der Waals surface area contributed by atoms with Crippen LogP contribution in [0.2, 0.25) is 0 Å². The molecule has 8 heteroatoms. The first-order valence-corrected chi connectivity index (χ1v) is 18.5. The fraction of sp³-hybridized carbons (Fsp3) is 0.730. The molecule has 0 heterocycles. The normalized spacial score (nSPS) is 41.6. The standard InChI is InChI=1S/C37H53NO6S/c1-32(2)19-21-37(30(39)40)22-20-35(6)25(26(37)23-32)13-14-28-34(5)17-16-29(33(3,4)27(34)15-18-36(28,35)7)44-31(41)38-45(42,43)24-11-9-8-10-12-24/h8-13,26-29H,14-23H2,1-7H3,(H,38,41)(H,39,40)/t26-,27-,28+,29-,34-,35+,36+,37-/m0/s1. The van der Waals surface area contributed by atoms with E-state index >= 15 is 0 Å². The number of hydrogen-bond acceptors (Lipinski definition) is 5. The number of hydrogen-bond donors (Lipinski definition) is 2. The van der Waals surface area contributed by atoms with Gasteiger partial charge in [-0.05, 0) is 116 Å². The van der Waals surface area contributed by atoms with Crippen LogP contribution >= 0.6 is 0 Å². The maximum absolute atomic E-state index is 13.0. The molecule has 6 rings (SSSR count). The Morgan fingerprint density at radius 2 is 1.53 bits per heavy atom. The summed E-state index contributed by atoms with van der Waals surface area (Å²) >= 11 is 0. The van der Waals surface area contributed by atoms with E-state index in [1.54, 1.807) is 18.2 Å². The summed E-state index contributed by atoms with van der Waals surface area (Å²) in [6, 6.07) is 7.89. The molecule has 0 aromatic heterocycles. The molecule has 0 radical (unpaired) electrons. The van der Waals surface area contributed by atoms with E-state index in [-0.39, 0.29) is 37.9 Å². The maximum Gasteiger partial charge on any atom is 0.421 e. The molecule has 5 aliphatic carbocycles. The number of ether oxygens (including phenoxy) is 1. The highest BCUT2D eigenvalue weighted by atomic mass is 32.2. The highest BCUT2D eigenvalue weighted by Crippen LogP contribution is 2.75. The van der Waals surface area contributed by atoms with Gasteiger partial charge in [0, 0.05) is 5.41 Å². The van der Waals surface area contributed by atoms with E-state index < -0.39 is 33.6 Å². The zero-order chi connectivity index (χ0) is 32.8. The first-order valence-electron chi connectivity index (χ1n) is 17.0. The number of rotatable bonds is 4. The lowest BCUT2D eigenvalue weighted by Crippen LogP contribution is -2.65. The quantitative estimate of drug-likeness (QED) is 0.321. The van der Waals surface area contributed by atoms with Gasteiger partial charge in [0.2, 0.25) is 0 Å². The van der Waals surface area contributed by atoms with Crippen molar-refractivity contribution in [3.8, 4) is 0 Å². The molecule has 8 atom stereocenters. The smallest absolute Gasteiger partial charge is 0.421 e. The molecule has 4 saturated carbocycles. The highest BCUT2D eigenvalue weighted by Gasteiger charge is 2.69. The van der Waals surface area contributed by atoms with Gasteiger partial charge in [0.15, 0.2) is 0 Å². The number of sulfonamides is 1. The van der Waals surface area contributed by atoms with Crippen LogP contribution in [0.1, 0.15) is 113 Å². The van der Waals surface area contributed by atoms with Crippen LogP contribution in [0.25, 0.3) is 0 Å². The van der Waals surface area contributed by atoms with Gasteiger partial charge in [0.25, 0.3) is 10.0 Å². The molecule has 45 heavy (non-hydrogen) atoms. The third-order valence-corrected chi connectivity index (χ3v) is 15.9. The van der Waals surface area contributed by atoms with Gasteiger partial charge in [-0.25, -0.2) is 17.9 Å². The van der Waals surface area contributed by atoms with Crippen LogP contribution in [-0.4, -0.2) is 31.7 Å². The molecule has 0 unspecified atom stereocenters. The van der Waals surface area contributed by atoms with Gasteiger partial charge in [0.05, 0.1) is 10.3 Å². The summed E-state index contributed by atoms with van der Waals surface area (Å²) in [5, 5.41) is 10.6. The monoisotopic (exact) mass is 639 g/mol. The molecule has 0 aliphatic heterocycles. The molecule has 1 amide bonds. The molecule has 2 N–H and O–H groups in total. The summed E-state index contributed by atoms with van der Waals surface area (Å²) in [7, 11) is -4.02. The lowest BCUT2D eigenvalue weighted by molar-refractivity contribution is -0.205. The van der Waals surface area contributed by atoms with Gasteiger partial charge >= 0.3 is 12.1 Å². The number of carbonyl (C=O) groups is 2. The summed E-state index contributed by atoms with van der Waals surface area (Å²) in [5.41, 5.74) is 0.587. The third kappa shape index (κ3) is 4.73. The van der Waals surface area contributed by atoms with Gasteiger partial charge in [-0.3, -0.25) is 4.79 Å². The Morgan fingerprint density at radius 1 is 0.867 bits per heavy atom. The predicted octanol–water partition coefficient (Wildman–Crippen LogP) is 8.36. The molecule has 0 bridgehead atoms. The second-order valence-electron chi connectivity index (χ2n) is 17.3. The first-order chi connectivity index (χ1) is 20.8. The van der Waals surface area contributed by atoms with Crippen LogP contribution in [0.4, 0.5) is 4.79 Å². The minimum atomic E-state index is -4.02. The SMILES string of the molecule is CC1(C)CC[C@]2(C(=O)O)CC[C@]3(C)C(=CC[C@@H]4[C@@]5(C)CC[C@H](OC(=O)NS(=O)(=O)c6ccccc6)C(C)(C)[C@@H]5CC[C@]43C)[C@@H]2C1. The zero-order valence-electron chi connectivity index (χ0n) is 28.2. The van der Waals surface area contributed by atoms with E-state index in [0.29, 0.717) is 18.3 Å². The molecule has 7 nitrogen and oxygen atoms in total. The zero-order valence-corrected chi connectivity index (χ0v) is 29.1. The molecular formula is C37H53NO6S. The Labute approximate surface area is 270 Å². The van der Waals surface area contributed by atoms with E-state index in [1.807, 2.05) is 0 Å². The molecule has 0 spiro atoms. The van der Waals surface area contributed by atoms with Crippen LogP contribution in [-0.2, 0) is 19.6 Å². The number of benzene rings is 1. The average Bonchev–Trinajstić information content (AvgIpc) is 2.95. The van der Waals surface area contributed by atoms with Gasteiger partial charge in [0.1, 0.15) is 6.10 Å². The van der Waals surface area contributed by atoms with Crippen molar-refractivity contribution < 1.29 is 27.9 Å². The summed E-state index contributed by atoms with van der Waals surface area (Å²) in [6.07, 6.45) is 10.1. The average molecular weight is 640 g/mol. The topological polar surface area (TPSA) is 110 Å². The van der Waals surface area contributed by atoms with Crippen molar-refractivity contribution in [3.63, 3.8) is 0 Å². The van der Waals surface area contributed by atoms with E-state index in [4.69, 9.17) is 4.74 Å². The van der Waals surface area contributed by atoms with Crippen molar-refractivity contribution in [1.29, 1.82) is 0 Å². The molecular weight excluding hydrogens is 586 g/mol. The minimum absolute atomic E-state index is 0.0150. The number of nitrogens with one attached hydrogen (secondary N) is 1. The Kier molecular flexibility index (Phi) is 7.48. The van der Waals surface area contributed by atoms with Crippen LogP contribution in [0.3, 0.4) is 0 Å². The van der Waals surface area contributed by atoms with Crippen LogP contribution in [0, 0.1) is 50.2 Å². The van der Waals surface area contributed by atoms with Crippen molar-refractivity contribution >= 4 is 22.1 Å². The first kappa shape index (κ1) is 32.6. The second kappa shape index (κ2) is 10.3. The number of carboxylic acid groups (broad SMARTS) is 1. The van der Waals surface area contributed by atoms with Crippen molar-refractivity contribution in [2.75, 3.05) is 0 Å². The number of amides is 1. The third-order valence-electron chi connectivity index (χ3n) is 14.5. The molecule has 0 saturated heterocycles. The van der Waals surface area contributed by atoms with Gasteiger partial charge < -0.3 is 9.84 Å². The Balaban J connectivity index is 1.26. The molecule has 4 fully saturated rings. The number of carbonyl (C=O) groups excluding carboxylic acids is 1. The Morgan fingerprint density at radius 3 is 2.20 bits per heavy atom. The Bertz CT molecular complexity index is 1520. The lowest BCUT2D eigenvalue weighted by atomic mass is 9.33. The Hall–Kier alpha value is -2.35. The minimum Gasteiger partial charge on any atom is -0.481 e. The lowest BCUT2D eigenvalue weighted by Gasteiger charge is -2.71. The van der Waals surface area contributed by atoms with E-state index in [9.17, 15) is 23.1 Å². The van der Waals surface area contributed by atoms with Gasteiger partial charge in [-0.1, -0.05) is 78.3 Å². The molecule has 1 aromatic carbocycles. The van der Waals surface area contributed by atoms with E-state index in [0.717, 1.165) is 57.8 Å². The van der Waals surface area contributed by atoms with Gasteiger partial charge in [-0.2, -0.15) is 0 Å². The molecule has 1 aromatic rings. The van der Waals surface area contributed by atoms with Crippen LogP contribution in [0.15, 0.2) is 46.9 Å². The highest BCUT2D eigenvalue weighted by molar-refractivity contribution is 7.90. The van der Waals surface area contributed by atoms with Crippen molar-refractivity contribution in [2.45, 2.75) is 124 Å². The summed E-state index contributed by atoms with van der Waals surface area (Å²) in [6.45, 7) is 16.4. The van der Waals surface area contributed by atoms with E-state index in [2.05, 4.69) is 59.3 Å².